The molecule has 7 heteroatoms. The van der Waals surface area contributed by atoms with Crippen LogP contribution >= 0.6 is 15.9 Å². The molecule has 1 aromatic rings. The van der Waals surface area contributed by atoms with Crippen LogP contribution in [0.3, 0.4) is 0 Å². The average molecular weight is 328 g/mol. The lowest BCUT2D eigenvalue weighted by atomic mass is 10.1. The van der Waals surface area contributed by atoms with Crippen LogP contribution in [0.25, 0.3) is 0 Å². The highest BCUT2D eigenvalue weighted by Crippen LogP contribution is 2.23. The third-order valence-electron chi connectivity index (χ3n) is 3.07. The predicted octanol–water partition coefficient (Wildman–Crippen LogP) is 1.84. The Morgan fingerprint density at radius 1 is 1.58 bits per heavy atom. The molecular weight excluding hydrogens is 314 g/mol. The molecule has 2 N–H and O–H groups in total. The molecule has 1 amide bonds. The molecular formula is C12H14BrN3O3. The number of hydrogen-bond acceptors (Lipinski definition) is 4. The van der Waals surface area contributed by atoms with E-state index in [9.17, 15) is 14.9 Å². The summed E-state index contributed by atoms with van der Waals surface area (Å²) in [6, 6.07) is 4.68. The minimum Gasteiger partial charge on any atom is -0.350 e. The summed E-state index contributed by atoms with van der Waals surface area (Å²) >= 11 is 3.16. The monoisotopic (exact) mass is 327 g/mol. The molecule has 2 rings (SSSR count). The summed E-state index contributed by atoms with van der Waals surface area (Å²) in [6.45, 7) is 1.45. The Labute approximate surface area is 118 Å². The van der Waals surface area contributed by atoms with Crippen molar-refractivity contribution in [2.75, 3.05) is 13.1 Å². The summed E-state index contributed by atoms with van der Waals surface area (Å²) in [6.07, 6.45) is 2.11. The van der Waals surface area contributed by atoms with E-state index in [1.165, 1.54) is 12.1 Å². The highest BCUT2D eigenvalue weighted by atomic mass is 79.9. The second-order valence-electron chi connectivity index (χ2n) is 4.42. The summed E-state index contributed by atoms with van der Waals surface area (Å²) in [4.78, 5) is 22.4. The third-order valence-corrected chi connectivity index (χ3v) is 3.57. The number of amides is 1. The molecule has 1 heterocycles. The Hall–Kier alpha value is -1.47. The first-order valence-corrected chi connectivity index (χ1v) is 6.83. The van der Waals surface area contributed by atoms with Crippen molar-refractivity contribution in [1.82, 2.24) is 10.6 Å². The average Bonchev–Trinajstić information content (AvgIpc) is 2.88. The number of hydrogen-bond donors (Lipinski definition) is 2. The number of benzene rings is 1. The largest absolute Gasteiger partial charge is 0.350 e. The van der Waals surface area contributed by atoms with Crippen molar-refractivity contribution < 1.29 is 9.72 Å². The second-order valence-corrected chi connectivity index (χ2v) is 5.34. The standard InChI is InChI=1S/C12H14BrN3O3/c13-8-3-4-10(11(6-8)16(18)19)12(17)15-7-9-2-1-5-14-9/h3-4,6,9,14H,1-2,5,7H2,(H,15,17). The highest BCUT2D eigenvalue weighted by Gasteiger charge is 2.21. The van der Waals surface area contributed by atoms with Crippen molar-refractivity contribution in [2.45, 2.75) is 18.9 Å². The molecule has 0 radical (unpaired) electrons. The van der Waals surface area contributed by atoms with Gasteiger partial charge in [-0.25, -0.2) is 0 Å². The van der Waals surface area contributed by atoms with E-state index in [0.29, 0.717) is 11.0 Å². The zero-order valence-electron chi connectivity index (χ0n) is 10.2. The van der Waals surface area contributed by atoms with Crippen LogP contribution in [0.15, 0.2) is 22.7 Å². The minimum atomic E-state index is -0.548. The maximum atomic E-state index is 12.0. The molecule has 1 aliphatic rings. The molecule has 102 valence electrons. The number of halogens is 1. The molecule has 0 bridgehead atoms. The summed E-state index contributed by atoms with van der Waals surface area (Å²) < 4.78 is 0.577. The Morgan fingerprint density at radius 3 is 3.00 bits per heavy atom. The molecule has 1 saturated heterocycles. The molecule has 0 saturated carbocycles. The molecule has 0 aliphatic carbocycles. The quantitative estimate of drug-likeness (QED) is 0.652. The van der Waals surface area contributed by atoms with Crippen LogP contribution in [0.2, 0.25) is 0 Å². The van der Waals surface area contributed by atoms with Gasteiger partial charge in [0.05, 0.1) is 4.92 Å². The summed E-state index contributed by atoms with van der Waals surface area (Å²) in [5.41, 5.74) is -0.0996. The van der Waals surface area contributed by atoms with Gasteiger partial charge in [0, 0.05) is 23.1 Å². The van der Waals surface area contributed by atoms with Crippen LogP contribution in [0, 0.1) is 10.1 Å². The van der Waals surface area contributed by atoms with Gasteiger partial charge >= 0.3 is 0 Å². The zero-order chi connectivity index (χ0) is 13.8. The van der Waals surface area contributed by atoms with Crippen LogP contribution < -0.4 is 10.6 Å². The highest BCUT2D eigenvalue weighted by molar-refractivity contribution is 9.10. The van der Waals surface area contributed by atoms with Crippen LogP contribution in [-0.4, -0.2) is 30.0 Å². The lowest BCUT2D eigenvalue weighted by Crippen LogP contribution is -2.37. The van der Waals surface area contributed by atoms with E-state index in [4.69, 9.17) is 0 Å². The number of carbonyl (C=O) groups is 1. The zero-order valence-corrected chi connectivity index (χ0v) is 11.8. The third kappa shape index (κ3) is 3.51. The van der Waals surface area contributed by atoms with Gasteiger partial charge in [0.25, 0.3) is 11.6 Å². The van der Waals surface area contributed by atoms with E-state index in [-0.39, 0.29) is 17.3 Å². The molecule has 6 nitrogen and oxygen atoms in total. The number of nitro benzene ring substituents is 1. The topological polar surface area (TPSA) is 84.3 Å². The minimum absolute atomic E-state index is 0.0891. The predicted molar refractivity (Wildman–Crippen MR) is 74.2 cm³/mol. The van der Waals surface area contributed by atoms with Crippen LogP contribution in [-0.2, 0) is 0 Å². The van der Waals surface area contributed by atoms with Gasteiger partial charge in [-0.1, -0.05) is 15.9 Å². The first kappa shape index (κ1) is 14.0. The van der Waals surface area contributed by atoms with E-state index in [2.05, 4.69) is 26.6 Å². The number of nitro groups is 1. The number of nitrogens with zero attached hydrogens (tertiary/aromatic N) is 1. The van der Waals surface area contributed by atoms with Crippen LogP contribution in [0.5, 0.6) is 0 Å². The van der Waals surface area contributed by atoms with Gasteiger partial charge in [-0.2, -0.15) is 0 Å². The van der Waals surface area contributed by atoms with Gasteiger partial charge in [0.1, 0.15) is 5.56 Å². The summed E-state index contributed by atoms with van der Waals surface area (Å²) in [7, 11) is 0. The smallest absolute Gasteiger partial charge is 0.283 e. The first-order valence-electron chi connectivity index (χ1n) is 6.03. The van der Waals surface area contributed by atoms with E-state index in [0.717, 1.165) is 19.4 Å². The van der Waals surface area contributed by atoms with Crippen LogP contribution in [0.1, 0.15) is 23.2 Å². The number of carbonyl (C=O) groups excluding carboxylic acids is 1. The molecule has 1 aromatic carbocycles. The number of rotatable bonds is 4. The SMILES string of the molecule is O=C(NCC1CCCN1)c1ccc(Br)cc1[N+](=O)[O-]. The fraction of sp³-hybridized carbons (Fsp3) is 0.417. The van der Waals surface area contributed by atoms with E-state index < -0.39 is 10.8 Å². The Kier molecular flexibility index (Phi) is 4.49. The molecule has 0 aromatic heterocycles. The molecule has 19 heavy (non-hydrogen) atoms. The van der Waals surface area contributed by atoms with Gasteiger partial charge in [0.2, 0.25) is 0 Å². The maximum Gasteiger partial charge on any atom is 0.283 e. The van der Waals surface area contributed by atoms with Gasteiger partial charge < -0.3 is 10.6 Å². The molecule has 1 aliphatic heterocycles. The second kappa shape index (κ2) is 6.12. The van der Waals surface area contributed by atoms with Crippen LogP contribution in [0.4, 0.5) is 5.69 Å². The van der Waals surface area contributed by atoms with Gasteiger partial charge in [-0.05, 0) is 31.5 Å². The fourth-order valence-electron chi connectivity index (χ4n) is 2.09. The van der Waals surface area contributed by atoms with Gasteiger partial charge in [-0.15, -0.1) is 0 Å². The number of nitrogens with one attached hydrogen (secondary N) is 2. The van der Waals surface area contributed by atoms with Crippen molar-refractivity contribution >= 4 is 27.5 Å². The van der Waals surface area contributed by atoms with E-state index in [1.807, 2.05) is 0 Å². The summed E-state index contributed by atoms with van der Waals surface area (Å²) in [5.74, 6) is -0.409. The van der Waals surface area contributed by atoms with Crippen molar-refractivity contribution in [1.29, 1.82) is 0 Å². The normalized spacial score (nSPS) is 18.3. The maximum absolute atomic E-state index is 12.0. The fourth-order valence-corrected chi connectivity index (χ4v) is 2.44. The van der Waals surface area contributed by atoms with E-state index in [1.54, 1.807) is 6.07 Å². The molecule has 0 spiro atoms. The molecule has 1 unspecified atom stereocenters. The lowest BCUT2D eigenvalue weighted by Gasteiger charge is -2.11. The summed E-state index contributed by atoms with van der Waals surface area (Å²) in [5, 5.41) is 16.9. The molecule has 1 fully saturated rings. The van der Waals surface area contributed by atoms with E-state index >= 15 is 0 Å². The van der Waals surface area contributed by atoms with Gasteiger partial charge in [0.15, 0.2) is 0 Å². The Balaban J connectivity index is 2.07. The van der Waals surface area contributed by atoms with Crippen molar-refractivity contribution in [3.63, 3.8) is 0 Å². The Morgan fingerprint density at radius 2 is 2.37 bits per heavy atom. The first-order chi connectivity index (χ1) is 9.08. The van der Waals surface area contributed by atoms with Crippen molar-refractivity contribution in [3.8, 4) is 0 Å². The van der Waals surface area contributed by atoms with Crippen molar-refractivity contribution in [3.05, 3.63) is 38.3 Å². The lowest BCUT2D eigenvalue weighted by molar-refractivity contribution is -0.385. The van der Waals surface area contributed by atoms with Crippen molar-refractivity contribution in [2.24, 2.45) is 0 Å². The van der Waals surface area contributed by atoms with Gasteiger partial charge in [-0.3, -0.25) is 14.9 Å². The Bertz CT molecular complexity index is 501. The molecule has 1 atom stereocenters.